The number of hydrogen-bond acceptors (Lipinski definition) is 8. The molecule has 3 N–H and O–H groups in total. The average molecular weight is 552 g/mol. The molecule has 2 atom stereocenters. The molecule has 0 aromatic carbocycles. The van der Waals surface area contributed by atoms with Gasteiger partial charge in [-0.15, -0.1) is 0 Å². The van der Waals surface area contributed by atoms with Crippen LogP contribution in [0.15, 0.2) is 0 Å². The molecule has 0 bridgehead atoms. The third-order valence-corrected chi connectivity index (χ3v) is 6.98. The Kier molecular flexibility index (Phi) is 24.6. The average Bonchev–Trinajstić information content (AvgIpc) is 2.87. The second kappa shape index (κ2) is 25.3. The van der Waals surface area contributed by atoms with E-state index in [9.17, 15) is 19.0 Å². The van der Waals surface area contributed by atoms with Crippen molar-refractivity contribution < 1.29 is 37.6 Å². The molecule has 0 heterocycles. The van der Waals surface area contributed by atoms with Crippen LogP contribution in [0.3, 0.4) is 0 Å². The van der Waals surface area contributed by atoms with E-state index in [-0.39, 0.29) is 32.6 Å². The van der Waals surface area contributed by atoms with Crippen LogP contribution in [0.4, 0.5) is 0 Å². The maximum Gasteiger partial charge on any atom is 0.472 e. The Bertz CT molecular complexity index is 605. The number of ether oxygens (including phenoxy) is 2. The van der Waals surface area contributed by atoms with E-state index in [1.54, 1.807) is 0 Å². The number of hydrogen-bond donors (Lipinski definition) is 2. The van der Waals surface area contributed by atoms with Gasteiger partial charge in [0.1, 0.15) is 6.61 Å². The van der Waals surface area contributed by atoms with Crippen molar-refractivity contribution in [3.63, 3.8) is 0 Å². The summed E-state index contributed by atoms with van der Waals surface area (Å²) in [6.45, 7) is 3.59. The summed E-state index contributed by atoms with van der Waals surface area (Å²) in [6.07, 6.45) is 17.5. The van der Waals surface area contributed by atoms with Crippen LogP contribution in [0.25, 0.3) is 0 Å². The summed E-state index contributed by atoms with van der Waals surface area (Å²) in [5.41, 5.74) is 5.28. The lowest BCUT2D eigenvalue weighted by atomic mass is 10.1. The van der Waals surface area contributed by atoms with E-state index in [1.165, 1.54) is 51.4 Å². The molecule has 0 fully saturated rings. The highest BCUT2D eigenvalue weighted by molar-refractivity contribution is 7.47. The fourth-order valence-corrected chi connectivity index (χ4v) is 4.57. The zero-order valence-electron chi connectivity index (χ0n) is 23.5. The highest BCUT2D eigenvalue weighted by atomic mass is 31.2. The van der Waals surface area contributed by atoms with Crippen LogP contribution < -0.4 is 5.73 Å². The third kappa shape index (κ3) is 25.1. The van der Waals surface area contributed by atoms with Gasteiger partial charge in [-0.05, 0) is 12.8 Å². The Morgan fingerprint density at radius 1 is 0.703 bits per heavy atom. The second-order valence-corrected chi connectivity index (χ2v) is 11.1. The van der Waals surface area contributed by atoms with Crippen LogP contribution in [0.2, 0.25) is 0 Å². The molecule has 0 saturated carbocycles. The number of rotatable bonds is 27. The Morgan fingerprint density at radius 3 is 1.65 bits per heavy atom. The number of nitrogens with two attached hydrogens (primary N) is 1. The summed E-state index contributed by atoms with van der Waals surface area (Å²) in [7, 11) is -4.34. The van der Waals surface area contributed by atoms with Gasteiger partial charge in [0.15, 0.2) is 6.10 Å². The summed E-state index contributed by atoms with van der Waals surface area (Å²) in [4.78, 5) is 34.1. The van der Waals surface area contributed by atoms with Gasteiger partial charge in [-0.1, -0.05) is 104 Å². The van der Waals surface area contributed by atoms with E-state index in [2.05, 4.69) is 13.8 Å². The van der Waals surface area contributed by atoms with Crippen molar-refractivity contribution in [2.45, 2.75) is 136 Å². The number of carbonyl (C=O) groups is 2. The molecule has 0 aliphatic heterocycles. The van der Waals surface area contributed by atoms with Crippen molar-refractivity contribution in [3.8, 4) is 0 Å². The maximum absolute atomic E-state index is 12.3. The van der Waals surface area contributed by atoms with Gasteiger partial charge in [-0.25, -0.2) is 4.57 Å². The van der Waals surface area contributed by atoms with Gasteiger partial charge in [-0.3, -0.25) is 18.6 Å². The zero-order chi connectivity index (χ0) is 27.6. The number of unbranched alkanes of at least 4 members (excludes halogenated alkanes) is 14. The molecular weight excluding hydrogens is 497 g/mol. The van der Waals surface area contributed by atoms with E-state index in [4.69, 9.17) is 24.3 Å². The molecule has 0 aromatic heterocycles. The molecule has 0 saturated heterocycles. The van der Waals surface area contributed by atoms with Gasteiger partial charge in [-0.2, -0.15) is 0 Å². The van der Waals surface area contributed by atoms with Crippen molar-refractivity contribution in [2.75, 3.05) is 26.4 Å². The fraction of sp³-hybridized carbons (Fsp3) is 0.926. The molecule has 0 rings (SSSR count). The smallest absolute Gasteiger partial charge is 0.462 e. The molecular formula is C27H54NO8P. The molecule has 0 spiro atoms. The molecule has 0 aromatic rings. The van der Waals surface area contributed by atoms with Crippen LogP contribution in [0, 0.1) is 0 Å². The summed E-state index contributed by atoms with van der Waals surface area (Å²) in [5.74, 6) is -0.842. The Balaban J connectivity index is 4.31. The van der Waals surface area contributed by atoms with Gasteiger partial charge in [0.2, 0.25) is 0 Å². The topological polar surface area (TPSA) is 134 Å². The summed E-state index contributed by atoms with van der Waals surface area (Å²) in [5, 5.41) is 0. The van der Waals surface area contributed by atoms with Crippen molar-refractivity contribution in [1.29, 1.82) is 0 Å². The lowest BCUT2D eigenvalue weighted by Crippen LogP contribution is -2.29. The predicted molar refractivity (Wildman–Crippen MR) is 146 cm³/mol. The number of phosphoric acid groups is 1. The first-order chi connectivity index (χ1) is 17.8. The quantitative estimate of drug-likeness (QED) is 0.0658. The molecule has 10 heteroatoms. The first kappa shape index (κ1) is 36.0. The number of esters is 2. The normalized spacial score (nSPS) is 13.7. The third-order valence-electron chi connectivity index (χ3n) is 5.99. The largest absolute Gasteiger partial charge is 0.472 e. The maximum atomic E-state index is 12.3. The minimum Gasteiger partial charge on any atom is -0.462 e. The number of carbonyl (C=O) groups excluding carboxylic acids is 2. The van der Waals surface area contributed by atoms with E-state index >= 15 is 0 Å². The van der Waals surface area contributed by atoms with Crippen LogP contribution in [-0.4, -0.2) is 49.3 Å². The Hall–Kier alpha value is -0.990. The Morgan fingerprint density at radius 2 is 1.16 bits per heavy atom. The van der Waals surface area contributed by atoms with Crippen LogP contribution in [0.5, 0.6) is 0 Å². The van der Waals surface area contributed by atoms with Crippen molar-refractivity contribution >= 4 is 19.8 Å². The zero-order valence-corrected chi connectivity index (χ0v) is 24.4. The van der Waals surface area contributed by atoms with E-state index in [0.29, 0.717) is 6.42 Å². The summed E-state index contributed by atoms with van der Waals surface area (Å²) >= 11 is 0. The van der Waals surface area contributed by atoms with Gasteiger partial charge < -0.3 is 20.1 Å². The predicted octanol–water partition coefficient (Wildman–Crippen LogP) is 6.60. The molecule has 1 unspecified atom stereocenters. The molecule has 220 valence electrons. The van der Waals surface area contributed by atoms with Gasteiger partial charge >= 0.3 is 19.8 Å². The highest BCUT2D eigenvalue weighted by Gasteiger charge is 2.25. The fourth-order valence-electron chi connectivity index (χ4n) is 3.81. The van der Waals surface area contributed by atoms with Crippen LogP contribution in [-0.2, 0) is 32.7 Å². The standard InChI is InChI=1S/C27H54NO8P/c1-3-5-7-9-10-11-12-13-14-16-18-20-27(30)36-25(24-35-37(31,32)34-22-21-28)23-33-26(29)19-17-15-8-6-4-2/h25H,3-24,28H2,1-2H3,(H,31,32)/t25-/m1/s1. The van der Waals surface area contributed by atoms with Gasteiger partial charge in [0, 0.05) is 19.4 Å². The monoisotopic (exact) mass is 551 g/mol. The molecule has 0 aliphatic carbocycles. The molecule has 9 nitrogen and oxygen atoms in total. The van der Waals surface area contributed by atoms with E-state index in [0.717, 1.165) is 44.9 Å². The molecule has 37 heavy (non-hydrogen) atoms. The Labute approximate surface area is 225 Å². The SMILES string of the molecule is CCCCCCCCCCCCCC(=O)O[C@H](COC(=O)CCCCCCC)COP(=O)(O)OCCN. The van der Waals surface area contributed by atoms with E-state index < -0.39 is 32.5 Å². The minimum absolute atomic E-state index is 0.0567. The summed E-state index contributed by atoms with van der Waals surface area (Å²) in [6, 6.07) is 0. The van der Waals surface area contributed by atoms with Gasteiger partial charge in [0.05, 0.1) is 13.2 Å². The lowest BCUT2D eigenvalue weighted by molar-refractivity contribution is -0.161. The molecule has 0 aliphatic rings. The van der Waals surface area contributed by atoms with Crippen molar-refractivity contribution in [1.82, 2.24) is 0 Å². The highest BCUT2D eigenvalue weighted by Crippen LogP contribution is 2.43. The lowest BCUT2D eigenvalue weighted by Gasteiger charge is -2.19. The summed E-state index contributed by atoms with van der Waals surface area (Å²) < 4.78 is 32.2. The van der Waals surface area contributed by atoms with Crippen LogP contribution in [0.1, 0.15) is 129 Å². The minimum atomic E-state index is -4.34. The first-order valence-corrected chi connectivity index (χ1v) is 16.0. The van der Waals surface area contributed by atoms with E-state index in [1.807, 2.05) is 0 Å². The number of phosphoric ester groups is 1. The van der Waals surface area contributed by atoms with Gasteiger partial charge in [0.25, 0.3) is 0 Å². The molecule has 0 amide bonds. The van der Waals surface area contributed by atoms with Crippen molar-refractivity contribution in [3.05, 3.63) is 0 Å². The molecule has 0 radical (unpaired) electrons. The second-order valence-electron chi connectivity index (χ2n) is 9.63. The van der Waals surface area contributed by atoms with Crippen LogP contribution >= 0.6 is 7.82 Å². The first-order valence-electron chi connectivity index (χ1n) is 14.5. The van der Waals surface area contributed by atoms with Crippen molar-refractivity contribution in [2.24, 2.45) is 5.73 Å².